The van der Waals surface area contributed by atoms with E-state index in [0.717, 1.165) is 29.8 Å². The van der Waals surface area contributed by atoms with Crippen LogP contribution < -0.4 is 5.73 Å². The molecule has 1 nitrogen and oxygen atoms in total. The summed E-state index contributed by atoms with van der Waals surface area (Å²) in [4.78, 5) is 0. The second kappa shape index (κ2) is 3.16. The quantitative estimate of drug-likeness (QED) is 0.807. The van der Waals surface area contributed by atoms with Gasteiger partial charge in [0.15, 0.2) is 0 Å². The highest BCUT2D eigenvalue weighted by atomic mass is 35.5. The van der Waals surface area contributed by atoms with E-state index in [-0.39, 0.29) is 5.54 Å². The molecule has 0 saturated heterocycles. The van der Waals surface area contributed by atoms with Gasteiger partial charge >= 0.3 is 0 Å². The van der Waals surface area contributed by atoms with Gasteiger partial charge in [-0.15, -0.1) is 0 Å². The highest BCUT2D eigenvalue weighted by Gasteiger charge is 2.38. The lowest BCUT2D eigenvalue weighted by molar-refractivity contribution is 0.672. The Labute approximate surface area is 87.8 Å². The molecule has 13 heavy (non-hydrogen) atoms. The summed E-state index contributed by atoms with van der Waals surface area (Å²) in [5, 5.41) is 1.40. The molecule has 1 aromatic rings. The molecule has 2 N–H and O–H groups in total. The largest absolute Gasteiger partial charge is 0.325 e. The second-order valence-electron chi connectivity index (χ2n) is 3.77. The van der Waals surface area contributed by atoms with Crippen molar-refractivity contribution in [2.75, 3.05) is 0 Å². The van der Waals surface area contributed by atoms with Crippen molar-refractivity contribution in [2.45, 2.75) is 24.8 Å². The summed E-state index contributed by atoms with van der Waals surface area (Å²) in [7, 11) is 0. The van der Waals surface area contributed by atoms with Gasteiger partial charge in [0.25, 0.3) is 0 Å². The minimum Gasteiger partial charge on any atom is -0.325 e. The maximum Gasteiger partial charge on any atom is 0.0453 e. The summed E-state index contributed by atoms with van der Waals surface area (Å²) in [6.07, 6.45) is 3.07. The zero-order chi connectivity index (χ0) is 9.47. The van der Waals surface area contributed by atoms with Crippen molar-refractivity contribution in [2.24, 2.45) is 5.73 Å². The molecule has 0 aliphatic heterocycles. The number of hydrogen-bond acceptors (Lipinski definition) is 1. The fourth-order valence-corrected chi connectivity index (χ4v) is 1.86. The highest BCUT2D eigenvalue weighted by Crippen LogP contribution is 2.37. The van der Waals surface area contributed by atoms with Crippen LogP contribution in [0.15, 0.2) is 18.2 Å². The van der Waals surface area contributed by atoms with E-state index in [1.807, 2.05) is 12.1 Å². The first-order chi connectivity index (χ1) is 6.09. The first kappa shape index (κ1) is 9.32. The van der Waals surface area contributed by atoms with E-state index in [2.05, 4.69) is 0 Å². The van der Waals surface area contributed by atoms with E-state index in [4.69, 9.17) is 28.9 Å². The van der Waals surface area contributed by atoms with Crippen molar-refractivity contribution in [1.29, 1.82) is 0 Å². The van der Waals surface area contributed by atoms with Gasteiger partial charge in [-0.3, -0.25) is 0 Å². The third kappa shape index (κ3) is 2.16. The van der Waals surface area contributed by atoms with Gasteiger partial charge < -0.3 is 5.73 Å². The Bertz CT molecular complexity index is 332. The number of nitrogens with two attached hydrogens (primary N) is 1. The summed E-state index contributed by atoms with van der Waals surface area (Å²) in [6.45, 7) is 0. The number of hydrogen-bond donors (Lipinski definition) is 1. The van der Waals surface area contributed by atoms with Gasteiger partial charge in [-0.25, -0.2) is 0 Å². The highest BCUT2D eigenvalue weighted by molar-refractivity contribution is 6.35. The molecule has 0 radical (unpaired) electrons. The molecule has 2 rings (SSSR count). The first-order valence-electron chi connectivity index (χ1n) is 4.32. The Morgan fingerprint density at radius 1 is 1.31 bits per heavy atom. The fourth-order valence-electron chi connectivity index (χ4n) is 1.38. The number of rotatable bonds is 2. The number of halogens is 2. The maximum absolute atomic E-state index is 6.02. The van der Waals surface area contributed by atoms with Crippen LogP contribution in [-0.4, -0.2) is 5.54 Å². The molecule has 0 spiro atoms. The zero-order valence-corrected chi connectivity index (χ0v) is 8.70. The van der Waals surface area contributed by atoms with Gasteiger partial charge in [-0.1, -0.05) is 29.3 Å². The standard InChI is InChI=1S/C10H11Cl2N/c11-8-2-1-7(9(12)5-8)6-10(13)3-4-10/h1-2,5H,3-4,6,13H2. The summed E-state index contributed by atoms with van der Waals surface area (Å²) in [5.74, 6) is 0. The molecular weight excluding hydrogens is 205 g/mol. The Morgan fingerprint density at radius 2 is 2.00 bits per heavy atom. The van der Waals surface area contributed by atoms with Crippen LogP contribution in [0.1, 0.15) is 18.4 Å². The molecule has 0 aromatic heterocycles. The van der Waals surface area contributed by atoms with Crippen LogP contribution >= 0.6 is 23.2 Å². The van der Waals surface area contributed by atoms with Crippen molar-refractivity contribution in [1.82, 2.24) is 0 Å². The zero-order valence-electron chi connectivity index (χ0n) is 7.19. The first-order valence-corrected chi connectivity index (χ1v) is 5.07. The lowest BCUT2D eigenvalue weighted by Gasteiger charge is -2.09. The fraction of sp³-hybridized carbons (Fsp3) is 0.400. The minimum atomic E-state index is 0.0114. The van der Waals surface area contributed by atoms with Gasteiger partial charge in [-0.2, -0.15) is 0 Å². The van der Waals surface area contributed by atoms with E-state index in [0.29, 0.717) is 5.02 Å². The molecule has 0 heterocycles. The van der Waals surface area contributed by atoms with Crippen LogP contribution in [-0.2, 0) is 6.42 Å². The van der Waals surface area contributed by atoms with E-state index in [1.165, 1.54) is 0 Å². The Kier molecular flexibility index (Phi) is 2.26. The molecule has 0 unspecified atom stereocenters. The van der Waals surface area contributed by atoms with Crippen LogP contribution in [0.25, 0.3) is 0 Å². The predicted molar refractivity (Wildman–Crippen MR) is 56.3 cm³/mol. The Hall–Kier alpha value is -0.240. The van der Waals surface area contributed by atoms with Crippen molar-refractivity contribution in [3.05, 3.63) is 33.8 Å². The molecule has 0 atom stereocenters. The van der Waals surface area contributed by atoms with Crippen LogP contribution in [0, 0.1) is 0 Å². The van der Waals surface area contributed by atoms with E-state index >= 15 is 0 Å². The predicted octanol–water partition coefficient (Wildman–Crippen LogP) is 3.03. The van der Waals surface area contributed by atoms with Crippen molar-refractivity contribution in [3.63, 3.8) is 0 Å². The molecule has 70 valence electrons. The summed E-state index contributed by atoms with van der Waals surface area (Å²) < 4.78 is 0. The monoisotopic (exact) mass is 215 g/mol. The Morgan fingerprint density at radius 3 is 2.54 bits per heavy atom. The summed E-state index contributed by atoms with van der Waals surface area (Å²) >= 11 is 11.8. The second-order valence-corrected chi connectivity index (χ2v) is 4.62. The van der Waals surface area contributed by atoms with Crippen molar-refractivity contribution in [3.8, 4) is 0 Å². The van der Waals surface area contributed by atoms with Gasteiger partial charge in [0.05, 0.1) is 0 Å². The van der Waals surface area contributed by atoms with Gasteiger partial charge in [0.1, 0.15) is 0 Å². The summed E-state index contributed by atoms with van der Waals surface area (Å²) in [5.41, 5.74) is 7.11. The van der Waals surface area contributed by atoms with E-state index in [1.54, 1.807) is 6.07 Å². The molecular formula is C10H11Cl2N. The topological polar surface area (TPSA) is 26.0 Å². The van der Waals surface area contributed by atoms with Crippen molar-refractivity contribution < 1.29 is 0 Å². The molecule has 0 amide bonds. The maximum atomic E-state index is 6.02. The molecule has 3 heteroatoms. The lowest BCUT2D eigenvalue weighted by atomic mass is 10.1. The minimum absolute atomic E-state index is 0.0114. The van der Waals surface area contributed by atoms with Crippen LogP contribution in [0.2, 0.25) is 10.0 Å². The van der Waals surface area contributed by atoms with Gasteiger partial charge in [-0.05, 0) is 37.0 Å². The smallest absolute Gasteiger partial charge is 0.0453 e. The van der Waals surface area contributed by atoms with E-state index < -0.39 is 0 Å². The SMILES string of the molecule is NC1(Cc2ccc(Cl)cc2Cl)CC1. The average Bonchev–Trinajstić information content (AvgIpc) is 2.75. The van der Waals surface area contributed by atoms with Crippen LogP contribution in [0.4, 0.5) is 0 Å². The average molecular weight is 216 g/mol. The molecule has 1 aromatic carbocycles. The third-order valence-electron chi connectivity index (χ3n) is 2.45. The molecule has 1 aliphatic rings. The lowest BCUT2D eigenvalue weighted by Crippen LogP contribution is -2.24. The van der Waals surface area contributed by atoms with E-state index in [9.17, 15) is 0 Å². The Balaban J connectivity index is 2.20. The molecule has 0 bridgehead atoms. The normalized spacial score (nSPS) is 18.7. The molecule has 1 aliphatic carbocycles. The van der Waals surface area contributed by atoms with Gasteiger partial charge in [0, 0.05) is 15.6 Å². The van der Waals surface area contributed by atoms with Crippen LogP contribution in [0.3, 0.4) is 0 Å². The molecule has 1 fully saturated rings. The van der Waals surface area contributed by atoms with Gasteiger partial charge in [0.2, 0.25) is 0 Å². The third-order valence-corrected chi connectivity index (χ3v) is 3.04. The van der Waals surface area contributed by atoms with Crippen molar-refractivity contribution >= 4 is 23.2 Å². The number of benzene rings is 1. The molecule has 1 saturated carbocycles. The van der Waals surface area contributed by atoms with Crippen LogP contribution in [0.5, 0.6) is 0 Å². The summed E-state index contributed by atoms with van der Waals surface area (Å²) in [6, 6.07) is 5.58.